The smallest absolute Gasteiger partial charge is 0.214 e. The van der Waals surface area contributed by atoms with E-state index in [1.165, 1.54) is 0 Å². The molecule has 7 heteroatoms. The van der Waals surface area contributed by atoms with Crippen molar-refractivity contribution in [3.63, 3.8) is 0 Å². The summed E-state index contributed by atoms with van der Waals surface area (Å²) >= 11 is 0. The van der Waals surface area contributed by atoms with E-state index in [0.717, 1.165) is 23.9 Å². The Bertz CT molecular complexity index is 657. The number of benzene rings is 1. The van der Waals surface area contributed by atoms with Crippen molar-refractivity contribution in [1.82, 2.24) is 14.7 Å². The molecule has 0 bridgehead atoms. The van der Waals surface area contributed by atoms with E-state index < -0.39 is 10.0 Å². The maximum Gasteiger partial charge on any atom is 0.214 e. The van der Waals surface area contributed by atoms with Gasteiger partial charge in [-0.05, 0) is 25.0 Å². The molecule has 1 fully saturated rings. The summed E-state index contributed by atoms with van der Waals surface area (Å²) in [6.45, 7) is 0.827. The Labute approximate surface area is 117 Å². The minimum absolute atomic E-state index is 0.0211. The number of aromatic amines is 1. The van der Waals surface area contributed by atoms with Crippen LogP contribution in [0.5, 0.6) is 0 Å². The summed E-state index contributed by atoms with van der Waals surface area (Å²) in [7, 11) is -3.34. The molecule has 1 aromatic heterocycles. The SMILES string of the molecule is O=S(=O)(CC1CCCO1)NCc1nc2ccccc2[nH]1. The fraction of sp³-hybridized carbons (Fsp3) is 0.462. The van der Waals surface area contributed by atoms with Crippen molar-refractivity contribution in [2.45, 2.75) is 25.5 Å². The number of sulfonamides is 1. The van der Waals surface area contributed by atoms with Crippen molar-refractivity contribution in [1.29, 1.82) is 0 Å². The van der Waals surface area contributed by atoms with Gasteiger partial charge in [-0.2, -0.15) is 0 Å². The summed E-state index contributed by atoms with van der Waals surface area (Å²) in [5.74, 6) is 0.634. The highest BCUT2D eigenvalue weighted by atomic mass is 32.2. The third-order valence-corrected chi connectivity index (χ3v) is 4.72. The van der Waals surface area contributed by atoms with Crippen LogP contribution >= 0.6 is 0 Å². The summed E-state index contributed by atoms with van der Waals surface area (Å²) < 4.78 is 31.8. The van der Waals surface area contributed by atoms with Crippen molar-refractivity contribution < 1.29 is 13.2 Å². The lowest BCUT2D eigenvalue weighted by Gasteiger charge is -2.10. The molecule has 6 nitrogen and oxygen atoms in total. The molecule has 1 aromatic carbocycles. The van der Waals surface area contributed by atoms with Crippen LogP contribution in [0.15, 0.2) is 24.3 Å². The number of ether oxygens (including phenoxy) is 1. The van der Waals surface area contributed by atoms with Gasteiger partial charge in [0.15, 0.2) is 0 Å². The van der Waals surface area contributed by atoms with Crippen LogP contribution in [0.4, 0.5) is 0 Å². The molecule has 108 valence electrons. The normalized spacial score (nSPS) is 19.7. The molecule has 0 amide bonds. The number of nitrogens with zero attached hydrogens (tertiary/aromatic N) is 1. The first-order chi connectivity index (χ1) is 9.62. The zero-order chi connectivity index (χ0) is 14.0. The van der Waals surface area contributed by atoms with Gasteiger partial charge in [-0.1, -0.05) is 12.1 Å². The molecule has 2 N–H and O–H groups in total. The Hall–Kier alpha value is -1.44. The van der Waals surface area contributed by atoms with Crippen LogP contribution in [0.1, 0.15) is 18.7 Å². The Balaban J connectivity index is 1.62. The number of hydrogen-bond donors (Lipinski definition) is 2. The molecule has 0 saturated carbocycles. The van der Waals surface area contributed by atoms with Crippen molar-refractivity contribution in [2.75, 3.05) is 12.4 Å². The Morgan fingerprint density at radius 1 is 1.40 bits per heavy atom. The second kappa shape index (κ2) is 5.51. The van der Waals surface area contributed by atoms with Crippen molar-refractivity contribution in [3.8, 4) is 0 Å². The Morgan fingerprint density at radius 3 is 3.00 bits per heavy atom. The first kappa shape index (κ1) is 13.5. The highest BCUT2D eigenvalue weighted by Crippen LogP contribution is 2.14. The molecule has 0 spiro atoms. The van der Waals surface area contributed by atoms with Crippen LogP contribution in [0.2, 0.25) is 0 Å². The number of nitrogens with one attached hydrogen (secondary N) is 2. The molecule has 1 aliphatic rings. The molecule has 1 atom stereocenters. The molecule has 0 radical (unpaired) electrons. The van der Waals surface area contributed by atoms with Gasteiger partial charge in [0.2, 0.25) is 10.0 Å². The summed E-state index contributed by atoms with van der Waals surface area (Å²) in [6, 6.07) is 7.60. The lowest BCUT2D eigenvalue weighted by atomic mass is 10.3. The van der Waals surface area contributed by atoms with Crippen LogP contribution in [-0.2, 0) is 21.3 Å². The maximum absolute atomic E-state index is 11.9. The molecular weight excluding hydrogens is 278 g/mol. The zero-order valence-corrected chi connectivity index (χ0v) is 11.8. The molecule has 1 saturated heterocycles. The summed E-state index contributed by atoms with van der Waals surface area (Å²) in [5.41, 5.74) is 1.74. The van der Waals surface area contributed by atoms with E-state index in [0.29, 0.717) is 12.4 Å². The first-order valence-corrected chi connectivity index (χ1v) is 8.30. The predicted molar refractivity (Wildman–Crippen MR) is 75.7 cm³/mol. The molecule has 0 aliphatic carbocycles. The Morgan fingerprint density at radius 2 is 2.25 bits per heavy atom. The van der Waals surface area contributed by atoms with E-state index in [4.69, 9.17) is 4.74 Å². The second-order valence-corrected chi connectivity index (χ2v) is 6.79. The number of para-hydroxylation sites is 2. The lowest BCUT2D eigenvalue weighted by Crippen LogP contribution is -2.31. The van der Waals surface area contributed by atoms with Gasteiger partial charge in [0, 0.05) is 6.61 Å². The largest absolute Gasteiger partial charge is 0.377 e. The standard InChI is InChI=1S/C13H17N3O3S/c17-20(18,9-10-4-3-7-19-10)14-8-13-15-11-5-1-2-6-12(11)16-13/h1-2,5-6,10,14H,3-4,7-9H2,(H,15,16). The minimum atomic E-state index is -3.34. The first-order valence-electron chi connectivity index (χ1n) is 6.65. The molecule has 2 aromatic rings. The van der Waals surface area contributed by atoms with Gasteiger partial charge < -0.3 is 9.72 Å². The monoisotopic (exact) mass is 295 g/mol. The third kappa shape index (κ3) is 3.17. The van der Waals surface area contributed by atoms with Crippen LogP contribution < -0.4 is 4.72 Å². The number of aromatic nitrogens is 2. The topological polar surface area (TPSA) is 84.1 Å². The molecule has 20 heavy (non-hydrogen) atoms. The fourth-order valence-electron chi connectivity index (χ4n) is 2.35. The molecule has 1 unspecified atom stereocenters. The van der Waals surface area contributed by atoms with Gasteiger partial charge in [0.05, 0.1) is 29.4 Å². The van der Waals surface area contributed by atoms with Gasteiger partial charge in [0.1, 0.15) is 5.82 Å². The number of fused-ring (bicyclic) bond motifs is 1. The van der Waals surface area contributed by atoms with E-state index in [9.17, 15) is 8.42 Å². The fourth-order valence-corrected chi connectivity index (χ4v) is 3.57. The average molecular weight is 295 g/mol. The predicted octanol–water partition coefficient (Wildman–Crippen LogP) is 1.16. The van der Waals surface area contributed by atoms with E-state index in [-0.39, 0.29) is 18.4 Å². The van der Waals surface area contributed by atoms with Gasteiger partial charge in [-0.15, -0.1) is 0 Å². The third-order valence-electron chi connectivity index (χ3n) is 3.33. The number of H-pyrrole nitrogens is 1. The quantitative estimate of drug-likeness (QED) is 0.867. The Kier molecular flexibility index (Phi) is 3.73. The van der Waals surface area contributed by atoms with E-state index >= 15 is 0 Å². The van der Waals surface area contributed by atoms with Crippen molar-refractivity contribution in [3.05, 3.63) is 30.1 Å². The van der Waals surface area contributed by atoms with E-state index in [1.807, 2.05) is 24.3 Å². The summed E-state index contributed by atoms with van der Waals surface area (Å²) in [4.78, 5) is 7.43. The van der Waals surface area contributed by atoms with Crippen LogP contribution in [0, 0.1) is 0 Å². The summed E-state index contributed by atoms with van der Waals surface area (Å²) in [5, 5.41) is 0. The van der Waals surface area contributed by atoms with E-state index in [2.05, 4.69) is 14.7 Å². The second-order valence-electron chi connectivity index (χ2n) is 4.94. The number of hydrogen-bond acceptors (Lipinski definition) is 4. The lowest BCUT2D eigenvalue weighted by molar-refractivity contribution is 0.127. The molecule has 3 rings (SSSR count). The van der Waals surface area contributed by atoms with Crippen LogP contribution in [0.3, 0.4) is 0 Å². The van der Waals surface area contributed by atoms with Crippen molar-refractivity contribution in [2.24, 2.45) is 0 Å². The highest BCUT2D eigenvalue weighted by Gasteiger charge is 2.23. The molecular formula is C13H17N3O3S. The number of imidazole rings is 1. The van der Waals surface area contributed by atoms with Gasteiger partial charge in [0.25, 0.3) is 0 Å². The maximum atomic E-state index is 11.9. The highest BCUT2D eigenvalue weighted by molar-refractivity contribution is 7.89. The van der Waals surface area contributed by atoms with Crippen LogP contribution in [0.25, 0.3) is 11.0 Å². The van der Waals surface area contributed by atoms with Gasteiger partial charge >= 0.3 is 0 Å². The number of rotatable bonds is 5. The average Bonchev–Trinajstić information content (AvgIpc) is 3.04. The zero-order valence-electron chi connectivity index (χ0n) is 11.0. The van der Waals surface area contributed by atoms with Crippen molar-refractivity contribution >= 4 is 21.1 Å². The van der Waals surface area contributed by atoms with Crippen LogP contribution in [-0.4, -0.2) is 36.8 Å². The van der Waals surface area contributed by atoms with E-state index in [1.54, 1.807) is 0 Å². The molecule has 2 heterocycles. The minimum Gasteiger partial charge on any atom is -0.377 e. The van der Waals surface area contributed by atoms with Gasteiger partial charge in [-0.3, -0.25) is 0 Å². The summed E-state index contributed by atoms with van der Waals surface area (Å²) in [6.07, 6.45) is 1.57. The molecule has 1 aliphatic heterocycles. The van der Waals surface area contributed by atoms with Gasteiger partial charge in [-0.25, -0.2) is 18.1 Å².